The fraction of sp³-hybridized carbons (Fsp3) is 0.250. The normalized spacial score (nSPS) is 11.8. The Hall–Kier alpha value is -3.89. The molecule has 0 fully saturated rings. The van der Waals surface area contributed by atoms with Crippen LogP contribution in [0.3, 0.4) is 0 Å². The number of aliphatic carboxylic acids is 1. The first-order chi connectivity index (χ1) is 16.7. The lowest BCUT2D eigenvalue weighted by atomic mass is 9.93. The molecule has 0 aliphatic carbocycles. The lowest BCUT2D eigenvalue weighted by molar-refractivity contribution is -0.136. The van der Waals surface area contributed by atoms with E-state index >= 15 is 0 Å². The molecule has 0 atom stereocenters. The number of aromatic nitrogens is 2. The molecule has 3 heterocycles. The number of nitrogens with zero attached hydrogens (tertiary/aromatic N) is 3. The van der Waals surface area contributed by atoms with E-state index in [-0.39, 0.29) is 11.8 Å². The first kappa shape index (κ1) is 22.9. The molecule has 2 aromatic carbocycles. The quantitative estimate of drug-likeness (QED) is 0.288. The van der Waals surface area contributed by atoms with Crippen molar-refractivity contribution < 1.29 is 14.3 Å². The van der Waals surface area contributed by atoms with Gasteiger partial charge in [-0.2, -0.15) is 5.26 Å². The highest BCUT2D eigenvalue weighted by molar-refractivity contribution is 7.13. The molecule has 0 saturated carbocycles. The minimum absolute atomic E-state index is 0.00717. The van der Waals surface area contributed by atoms with Gasteiger partial charge in [0.25, 0.3) is 0 Å². The number of carboxylic acid groups (broad SMARTS) is 1. The lowest BCUT2D eigenvalue weighted by Gasteiger charge is -2.13. The Morgan fingerprint density at radius 1 is 1.17 bits per heavy atom. The highest BCUT2D eigenvalue weighted by atomic mass is 32.1. The summed E-state index contributed by atoms with van der Waals surface area (Å²) in [6.45, 7) is 7.05. The molecular weight excluding hydrogens is 458 g/mol. The maximum Gasteiger partial charge on any atom is 0.303 e. The molecule has 0 amide bonds. The Bertz CT molecular complexity index is 1610. The number of furan rings is 1. The number of benzene rings is 2. The van der Waals surface area contributed by atoms with Crippen LogP contribution in [0.15, 0.2) is 58.5 Å². The molecule has 176 valence electrons. The Morgan fingerprint density at radius 2 is 1.97 bits per heavy atom. The van der Waals surface area contributed by atoms with E-state index in [9.17, 15) is 10.1 Å². The number of carboxylic acids is 1. The number of nitriles is 1. The Labute approximate surface area is 207 Å². The van der Waals surface area contributed by atoms with E-state index in [0.717, 1.165) is 49.5 Å². The second kappa shape index (κ2) is 8.71. The van der Waals surface area contributed by atoms with Gasteiger partial charge >= 0.3 is 5.97 Å². The summed E-state index contributed by atoms with van der Waals surface area (Å²) in [5, 5.41) is 23.4. The predicted molar refractivity (Wildman–Crippen MR) is 138 cm³/mol. The van der Waals surface area contributed by atoms with E-state index in [1.165, 1.54) is 0 Å². The number of fused-ring (bicyclic) bond motifs is 2. The second-order valence-corrected chi connectivity index (χ2v) is 10.7. The van der Waals surface area contributed by atoms with Gasteiger partial charge in [0, 0.05) is 46.2 Å². The molecular formula is C28H25N3O3S. The van der Waals surface area contributed by atoms with Crippen LogP contribution in [0.4, 0.5) is 0 Å². The zero-order chi connectivity index (χ0) is 24.7. The minimum Gasteiger partial charge on any atom is -0.481 e. The molecule has 0 bridgehead atoms. The summed E-state index contributed by atoms with van der Waals surface area (Å²) in [6.07, 6.45) is 2.37. The van der Waals surface area contributed by atoms with E-state index in [0.29, 0.717) is 18.5 Å². The van der Waals surface area contributed by atoms with Crippen LogP contribution >= 0.6 is 11.3 Å². The fourth-order valence-corrected chi connectivity index (χ4v) is 5.19. The molecule has 5 rings (SSSR count). The molecule has 3 aromatic heterocycles. The van der Waals surface area contributed by atoms with Crippen LogP contribution in [0.5, 0.6) is 0 Å². The molecule has 0 aliphatic rings. The topological polar surface area (TPSA) is 92.0 Å². The smallest absolute Gasteiger partial charge is 0.303 e. The number of rotatable bonds is 6. The molecule has 1 N–H and O–H groups in total. The number of aryl methyl sites for hydroxylation is 1. The zero-order valence-corrected chi connectivity index (χ0v) is 20.6. The highest BCUT2D eigenvalue weighted by Gasteiger charge is 2.19. The Balaban J connectivity index is 1.44. The average Bonchev–Trinajstić information content (AvgIpc) is 3.54. The van der Waals surface area contributed by atoms with Gasteiger partial charge < -0.3 is 14.1 Å². The summed E-state index contributed by atoms with van der Waals surface area (Å²) in [5.74, 6) is -0.0600. The van der Waals surface area contributed by atoms with Crippen molar-refractivity contribution in [3.63, 3.8) is 0 Å². The van der Waals surface area contributed by atoms with Crippen LogP contribution in [0, 0.1) is 11.3 Å². The monoisotopic (exact) mass is 483 g/mol. The van der Waals surface area contributed by atoms with Crippen LogP contribution in [-0.2, 0) is 23.2 Å². The van der Waals surface area contributed by atoms with Gasteiger partial charge in [-0.1, -0.05) is 32.9 Å². The van der Waals surface area contributed by atoms with E-state index < -0.39 is 5.97 Å². The van der Waals surface area contributed by atoms with Crippen LogP contribution in [0.2, 0.25) is 0 Å². The highest BCUT2D eigenvalue weighted by Crippen LogP contribution is 2.34. The van der Waals surface area contributed by atoms with Gasteiger partial charge in [-0.15, -0.1) is 11.3 Å². The van der Waals surface area contributed by atoms with Gasteiger partial charge in [-0.3, -0.25) is 4.79 Å². The molecule has 0 aliphatic heterocycles. The first-order valence-electron chi connectivity index (χ1n) is 11.4. The van der Waals surface area contributed by atoms with Crippen molar-refractivity contribution in [1.82, 2.24) is 9.55 Å². The van der Waals surface area contributed by atoms with Crippen molar-refractivity contribution in [3.8, 4) is 16.8 Å². The zero-order valence-electron chi connectivity index (χ0n) is 19.8. The number of hydrogen-bond acceptors (Lipinski definition) is 5. The molecule has 35 heavy (non-hydrogen) atoms. The fourth-order valence-electron chi connectivity index (χ4n) is 4.20. The number of thiazole rings is 1. The van der Waals surface area contributed by atoms with E-state index in [4.69, 9.17) is 14.5 Å². The third-order valence-electron chi connectivity index (χ3n) is 6.11. The largest absolute Gasteiger partial charge is 0.481 e. The molecule has 7 heteroatoms. The third-order valence-corrected chi connectivity index (χ3v) is 6.97. The standard InChI is InChI=1S/C28H25N3O3S/c1-28(2,3)25-16-35-27(30-25)24-12-19-10-18(5-8-23(19)34-24)14-31-15-20(13-29)21-11-17(4-7-22(21)31)6-9-26(32)33/h4-5,7-8,10-12,15-16H,6,9,14H2,1-3H3,(H,32,33). The van der Waals surface area contributed by atoms with E-state index in [2.05, 4.69) is 42.9 Å². The molecule has 0 spiro atoms. The average molecular weight is 484 g/mol. The van der Waals surface area contributed by atoms with E-state index in [1.54, 1.807) is 11.3 Å². The summed E-state index contributed by atoms with van der Waals surface area (Å²) >= 11 is 1.59. The number of carbonyl (C=O) groups is 1. The minimum atomic E-state index is -0.828. The van der Waals surface area contributed by atoms with Gasteiger partial charge in [-0.25, -0.2) is 4.98 Å². The molecule has 5 aromatic rings. The lowest BCUT2D eigenvalue weighted by Crippen LogP contribution is -2.11. The van der Waals surface area contributed by atoms with Gasteiger partial charge in [0.15, 0.2) is 10.8 Å². The van der Waals surface area contributed by atoms with E-state index in [1.807, 2.05) is 42.6 Å². The molecule has 6 nitrogen and oxygen atoms in total. The van der Waals surface area contributed by atoms with Crippen LogP contribution in [-0.4, -0.2) is 20.6 Å². The summed E-state index contributed by atoms with van der Waals surface area (Å²) in [7, 11) is 0. The van der Waals surface area contributed by atoms with Gasteiger partial charge in [0.2, 0.25) is 0 Å². The van der Waals surface area contributed by atoms with Crippen LogP contribution < -0.4 is 0 Å². The SMILES string of the molecule is CC(C)(C)c1csc(-c2cc3cc(Cn4cc(C#N)c5cc(CCC(=O)O)ccc54)ccc3o2)n1. The molecule has 0 radical (unpaired) electrons. The first-order valence-corrected chi connectivity index (χ1v) is 12.3. The summed E-state index contributed by atoms with van der Waals surface area (Å²) in [6, 6.07) is 16.3. The van der Waals surface area contributed by atoms with Gasteiger partial charge in [0.1, 0.15) is 11.7 Å². The summed E-state index contributed by atoms with van der Waals surface area (Å²) in [4.78, 5) is 15.7. The number of hydrogen-bond donors (Lipinski definition) is 1. The van der Waals surface area contributed by atoms with Crippen molar-refractivity contribution in [2.24, 2.45) is 0 Å². The van der Waals surface area contributed by atoms with Crippen molar-refractivity contribution in [1.29, 1.82) is 5.26 Å². The third kappa shape index (κ3) is 4.58. The Morgan fingerprint density at radius 3 is 2.69 bits per heavy atom. The predicted octanol–water partition coefficient (Wildman–Crippen LogP) is 6.75. The van der Waals surface area contributed by atoms with Gasteiger partial charge in [-0.05, 0) is 47.9 Å². The Kier molecular flexibility index (Phi) is 5.70. The van der Waals surface area contributed by atoms with Crippen molar-refractivity contribution in [2.75, 3.05) is 0 Å². The molecule has 0 saturated heterocycles. The van der Waals surface area contributed by atoms with Crippen molar-refractivity contribution in [3.05, 3.63) is 76.4 Å². The maximum atomic E-state index is 10.9. The second-order valence-electron chi connectivity index (χ2n) is 9.80. The van der Waals surface area contributed by atoms with Crippen molar-refractivity contribution >= 4 is 39.2 Å². The summed E-state index contributed by atoms with van der Waals surface area (Å²) in [5.41, 5.74) is 5.40. The van der Waals surface area contributed by atoms with Crippen LogP contribution in [0.1, 0.15) is 49.6 Å². The maximum absolute atomic E-state index is 10.9. The van der Waals surface area contributed by atoms with Crippen LogP contribution in [0.25, 0.3) is 32.6 Å². The molecule has 0 unspecified atom stereocenters. The summed E-state index contributed by atoms with van der Waals surface area (Å²) < 4.78 is 8.15. The van der Waals surface area contributed by atoms with Gasteiger partial charge in [0.05, 0.1) is 11.3 Å². The van der Waals surface area contributed by atoms with Crippen molar-refractivity contribution in [2.45, 2.75) is 45.6 Å².